The zero-order chi connectivity index (χ0) is 19.5. The molecule has 0 saturated heterocycles. The van der Waals surface area contributed by atoms with Gasteiger partial charge in [-0.25, -0.2) is 8.91 Å². The Morgan fingerprint density at radius 3 is 2.71 bits per heavy atom. The number of carbonyl (C=O) groups is 1. The van der Waals surface area contributed by atoms with E-state index in [2.05, 4.69) is 22.3 Å². The van der Waals surface area contributed by atoms with Crippen molar-refractivity contribution in [3.8, 4) is 11.4 Å². The minimum absolute atomic E-state index is 0.0974. The predicted molar refractivity (Wildman–Crippen MR) is 108 cm³/mol. The van der Waals surface area contributed by atoms with Crippen LogP contribution in [0.25, 0.3) is 16.3 Å². The third-order valence-corrected chi connectivity index (χ3v) is 5.42. The van der Waals surface area contributed by atoms with Crippen molar-refractivity contribution in [1.82, 2.24) is 19.9 Å². The number of nitrogens with zero attached hydrogens (tertiary/aromatic N) is 3. The van der Waals surface area contributed by atoms with Crippen molar-refractivity contribution < 1.29 is 9.18 Å². The number of benzene rings is 2. The molecular weight excluding hydrogens is 375 g/mol. The van der Waals surface area contributed by atoms with Gasteiger partial charge in [-0.2, -0.15) is 4.98 Å². The summed E-state index contributed by atoms with van der Waals surface area (Å²) in [6.45, 7) is 2.56. The summed E-state index contributed by atoms with van der Waals surface area (Å²) in [5.74, 6) is -0.0744. The van der Waals surface area contributed by atoms with Gasteiger partial charge in [0.2, 0.25) is 4.96 Å². The number of halogens is 1. The number of fused-ring (bicyclic) bond motifs is 1. The number of aryl methyl sites for hydroxylation is 1. The topological polar surface area (TPSA) is 59.3 Å². The largest absolute Gasteiger partial charge is 0.352 e. The first-order valence-electron chi connectivity index (χ1n) is 9.11. The van der Waals surface area contributed by atoms with Crippen LogP contribution in [-0.2, 0) is 12.8 Å². The minimum Gasteiger partial charge on any atom is -0.352 e. The molecule has 0 radical (unpaired) electrons. The van der Waals surface area contributed by atoms with Gasteiger partial charge in [-0.15, -0.1) is 16.4 Å². The molecule has 1 amide bonds. The lowest BCUT2D eigenvalue weighted by atomic mass is 10.1. The zero-order valence-electron chi connectivity index (χ0n) is 15.4. The van der Waals surface area contributed by atoms with Crippen molar-refractivity contribution in [2.45, 2.75) is 19.8 Å². The van der Waals surface area contributed by atoms with Gasteiger partial charge in [0.15, 0.2) is 5.82 Å². The maximum absolute atomic E-state index is 14.0. The van der Waals surface area contributed by atoms with E-state index < -0.39 is 0 Å². The fraction of sp³-hybridized carbons (Fsp3) is 0.190. The summed E-state index contributed by atoms with van der Waals surface area (Å²) in [7, 11) is 0. The molecule has 142 valence electrons. The van der Waals surface area contributed by atoms with E-state index in [1.807, 2.05) is 29.6 Å². The van der Waals surface area contributed by atoms with Crippen LogP contribution in [0.15, 0.2) is 53.9 Å². The van der Waals surface area contributed by atoms with E-state index in [0.29, 0.717) is 34.9 Å². The molecule has 0 atom stereocenters. The van der Waals surface area contributed by atoms with Crippen LogP contribution in [0.5, 0.6) is 0 Å². The van der Waals surface area contributed by atoms with Crippen molar-refractivity contribution in [3.63, 3.8) is 0 Å². The second-order valence-corrected chi connectivity index (χ2v) is 7.23. The molecule has 4 aromatic rings. The van der Waals surface area contributed by atoms with Crippen LogP contribution in [0.1, 0.15) is 28.5 Å². The fourth-order valence-electron chi connectivity index (χ4n) is 2.95. The highest BCUT2D eigenvalue weighted by Crippen LogP contribution is 2.23. The Kier molecular flexibility index (Phi) is 5.16. The summed E-state index contributed by atoms with van der Waals surface area (Å²) in [5.41, 5.74) is 3.16. The lowest BCUT2D eigenvalue weighted by Crippen LogP contribution is -2.26. The highest BCUT2D eigenvalue weighted by atomic mass is 32.1. The number of hydrogen-bond acceptors (Lipinski definition) is 4. The molecule has 2 aromatic heterocycles. The van der Waals surface area contributed by atoms with E-state index in [4.69, 9.17) is 0 Å². The number of hydrogen-bond donors (Lipinski definition) is 1. The molecule has 0 fully saturated rings. The number of rotatable bonds is 6. The molecule has 7 heteroatoms. The highest BCUT2D eigenvalue weighted by molar-refractivity contribution is 7.15. The summed E-state index contributed by atoms with van der Waals surface area (Å²) >= 11 is 1.45. The molecule has 0 aliphatic carbocycles. The van der Waals surface area contributed by atoms with Crippen LogP contribution >= 0.6 is 11.3 Å². The predicted octanol–water partition coefficient (Wildman–Crippen LogP) is 4.13. The van der Waals surface area contributed by atoms with E-state index in [9.17, 15) is 9.18 Å². The highest BCUT2D eigenvalue weighted by Gasteiger charge is 2.14. The lowest BCUT2D eigenvalue weighted by molar-refractivity contribution is 0.0954. The maximum Gasteiger partial charge on any atom is 0.251 e. The first-order chi connectivity index (χ1) is 13.7. The van der Waals surface area contributed by atoms with Crippen molar-refractivity contribution in [3.05, 3.63) is 76.5 Å². The third-order valence-electron chi connectivity index (χ3n) is 4.56. The lowest BCUT2D eigenvalue weighted by Gasteiger charge is -2.05. The Labute approximate surface area is 165 Å². The molecule has 0 saturated carbocycles. The van der Waals surface area contributed by atoms with Crippen molar-refractivity contribution in [2.75, 3.05) is 6.54 Å². The smallest absolute Gasteiger partial charge is 0.251 e. The van der Waals surface area contributed by atoms with Gasteiger partial charge in [0.25, 0.3) is 5.91 Å². The van der Waals surface area contributed by atoms with Gasteiger partial charge in [0, 0.05) is 23.9 Å². The summed E-state index contributed by atoms with van der Waals surface area (Å²) in [5, 5.41) is 9.33. The molecule has 0 unspecified atom stereocenters. The average molecular weight is 394 g/mol. The first kappa shape index (κ1) is 18.3. The molecule has 1 N–H and O–H groups in total. The number of carbonyl (C=O) groups excluding carboxylic acids is 1. The average Bonchev–Trinajstić information content (AvgIpc) is 3.30. The molecule has 0 bridgehead atoms. The summed E-state index contributed by atoms with van der Waals surface area (Å²) < 4.78 is 15.7. The van der Waals surface area contributed by atoms with Gasteiger partial charge in [0.1, 0.15) is 5.82 Å². The van der Waals surface area contributed by atoms with Crippen LogP contribution < -0.4 is 5.32 Å². The van der Waals surface area contributed by atoms with Gasteiger partial charge in [-0.05, 0) is 36.2 Å². The van der Waals surface area contributed by atoms with Crippen molar-refractivity contribution in [1.29, 1.82) is 0 Å². The summed E-state index contributed by atoms with van der Waals surface area (Å²) in [4.78, 5) is 17.4. The molecule has 0 aliphatic rings. The number of amides is 1. The molecule has 4 rings (SSSR count). The monoisotopic (exact) mass is 394 g/mol. The molecule has 2 aromatic carbocycles. The van der Waals surface area contributed by atoms with E-state index in [0.717, 1.165) is 12.1 Å². The van der Waals surface area contributed by atoms with Crippen molar-refractivity contribution in [2.24, 2.45) is 0 Å². The molecule has 2 heterocycles. The normalized spacial score (nSPS) is 11.1. The van der Waals surface area contributed by atoms with Gasteiger partial charge in [-0.1, -0.05) is 31.2 Å². The number of nitrogens with one attached hydrogen (secondary N) is 1. The molecule has 28 heavy (non-hydrogen) atoms. The van der Waals surface area contributed by atoms with Crippen LogP contribution in [0.2, 0.25) is 0 Å². The zero-order valence-corrected chi connectivity index (χ0v) is 16.2. The molecular formula is C21H19FN4OS. The van der Waals surface area contributed by atoms with Gasteiger partial charge in [-0.3, -0.25) is 4.79 Å². The van der Waals surface area contributed by atoms with Gasteiger partial charge >= 0.3 is 0 Å². The fourth-order valence-corrected chi connectivity index (χ4v) is 3.81. The molecule has 0 aliphatic heterocycles. The second-order valence-electron chi connectivity index (χ2n) is 6.39. The van der Waals surface area contributed by atoms with E-state index in [-0.39, 0.29) is 11.7 Å². The standard InChI is InChI=1S/C21H19FN4OS/c1-2-14-7-9-15(10-8-14)20(27)23-12-11-16-13-28-21-24-19(25-26(16)21)17-5-3-4-6-18(17)22/h3-10,13H,2,11-12H2,1H3,(H,23,27). The Balaban J connectivity index is 1.43. The van der Waals surface area contributed by atoms with Gasteiger partial charge in [0.05, 0.1) is 11.3 Å². The molecule has 5 nitrogen and oxygen atoms in total. The first-order valence-corrected chi connectivity index (χ1v) is 9.99. The SMILES string of the molecule is CCc1ccc(C(=O)NCCc2csc3nc(-c4ccccc4F)nn23)cc1. The van der Waals surface area contributed by atoms with Crippen molar-refractivity contribution >= 4 is 22.2 Å². The van der Waals surface area contributed by atoms with Crippen LogP contribution in [0.3, 0.4) is 0 Å². The van der Waals surface area contributed by atoms with Crippen LogP contribution in [0.4, 0.5) is 4.39 Å². The Morgan fingerprint density at radius 2 is 1.96 bits per heavy atom. The third kappa shape index (κ3) is 3.66. The van der Waals surface area contributed by atoms with E-state index in [1.54, 1.807) is 22.7 Å². The number of aromatic nitrogens is 3. The Hall–Kier alpha value is -3.06. The number of thiazole rings is 1. The van der Waals surface area contributed by atoms with Gasteiger partial charge < -0.3 is 5.32 Å². The van der Waals surface area contributed by atoms with E-state index >= 15 is 0 Å². The van der Waals surface area contributed by atoms with Crippen LogP contribution in [-0.4, -0.2) is 27.0 Å². The van der Waals surface area contributed by atoms with E-state index in [1.165, 1.54) is 23.0 Å². The summed E-state index contributed by atoms with van der Waals surface area (Å²) in [6, 6.07) is 14.1. The Bertz CT molecular complexity index is 1120. The van der Waals surface area contributed by atoms with Crippen LogP contribution in [0, 0.1) is 5.82 Å². The minimum atomic E-state index is -0.344. The summed E-state index contributed by atoms with van der Waals surface area (Å²) in [6.07, 6.45) is 1.56. The molecule has 0 spiro atoms. The second kappa shape index (κ2) is 7.90. The quantitative estimate of drug-likeness (QED) is 0.535. The Morgan fingerprint density at radius 1 is 1.18 bits per heavy atom. The maximum atomic E-state index is 14.0.